The van der Waals surface area contributed by atoms with Crippen molar-refractivity contribution in [2.24, 2.45) is 0 Å². The largest absolute Gasteiger partial charge is 0.392 e. The molecule has 0 radical (unpaired) electrons. The molecule has 1 atom stereocenters. The molecule has 1 amide bonds. The average molecular weight is 211 g/mol. The lowest BCUT2D eigenvalue weighted by atomic mass is 10.3. The molecule has 0 aromatic rings. The molecular formula is C8H15F2NO3. The Balaban J connectivity index is 3.27. The molecule has 84 valence electrons. The number of ether oxygens (including phenoxy) is 1. The number of halogens is 2. The normalized spacial score (nSPS) is 12.9. The Hall–Kier alpha value is -0.750. The number of hydrogen-bond acceptors (Lipinski definition) is 3. The van der Waals surface area contributed by atoms with Gasteiger partial charge in [0.05, 0.1) is 12.7 Å². The van der Waals surface area contributed by atoms with Crippen molar-refractivity contribution < 1.29 is 23.4 Å². The third kappa shape index (κ3) is 9.34. The molecule has 6 heteroatoms. The van der Waals surface area contributed by atoms with Crippen LogP contribution in [0.5, 0.6) is 0 Å². The number of aliphatic hydroxyl groups excluding tert-OH is 1. The SMILES string of the molecule is C[C@@H](O)CNC(=O)CCOCC(F)F. The molecule has 0 aromatic carbocycles. The average Bonchev–Trinajstić information content (AvgIpc) is 2.08. The predicted molar refractivity (Wildman–Crippen MR) is 46.1 cm³/mol. The van der Waals surface area contributed by atoms with E-state index in [9.17, 15) is 13.6 Å². The highest BCUT2D eigenvalue weighted by Gasteiger charge is 2.05. The molecule has 4 nitrogen and oxygen atoms in total. The number of carbonyl (C=O) groups is 1. The predicted octanol–water partition coefficient (Wildman–Crippen LogP) is 0.155. The van der Waals surface area contributed by atoms with Gasteiger partial charge in [0.2, 0.25) is 5.91 Å². The van der Waals surface area contributed by atoms with Crippen LogP contribution in [-0.2, 0) is 9.53 Å². The zero-order valence-electron chi connectivity index (χ0n) is 8.00. The molecule has 0 fully saturated rings. The summed E-state index contributed by atoms with van der Waals surface area (Å²) in [6.07, 6.45) is -3.09. The van der Waals surface area contributed by atoms with Gasteiger partial charge in [-0.15, -0.1) is 0 Å². The van der Waals surface area contributed by atoms with Crippen molar-refractivity contribution in [3.05, 3.63) is 0 Å². The minimum Gasteiger partial charge on any atom is -0.392 e. The Morgan fingerprint density at radius 2 is 2.21 bits per heavy atom. The first-order valence-electron chi connectivity index (χ1n) is 4.33. The molecule has 0 saturated carbocycles. The van der Waals surface area contributed by atoms with Crippen molar-refractivity contribution in [1.29, 1.82) is 0 Å². The van der Waals surface area contributed by atoms with Gasteiger partial charge in [-0.1, -0.05) is 0 Å². The molecule has 0 aliphatic heterocycles. The van der Waals surface area contributed by atoms with Gasteiger partial charge in [-0.05, 0) is 6.92 Å². The number of amides is 1. The lowest BCUT2D eigenvalue weighted by molar-refractivity contribution is -0.123. The number of hydrogen-bond donors (Lipinski definition) is 2. The summed E-state index contributed by atoms with van der Waals surface area (Å²) < 4.78 is 27.6. The van der Waals surface area contributed by atoms with Crippen LogP contribution in [0.15, 0.2) is 0 Å². The van der Waals surface area contributed by atoms with Crippen LogP contribution in [0, 0.1) is 0 Å². The highest BCUT2D eigenvalue weighted by atomic mass is 19.3. The molecule has 0 spiro atoms. The third-order valence-corrected chi connectivity index (χ3v) is 1.31. The first-order valence-corrected chi connectivity index (χ1v) is 4.33. The van der Waals surface area contributed by atoms with Crippen LogP contribution in [0.3, 0.4) is 0 Å². The van der Waals surface area contributed by atoms with Crippen LogP contribution in [0.25, 0.3) is 0 Å². The van der Waals surface area contributed by atoms with Gasteiger partial charge in [0.15, 0.2) is 0 Å². The molecule has 0 unspecified atom stereocenters. The van der Waals surface area contributed by atoms with Crippen molar-refractivity contribution in [2.45, 2.75) is 25.9 Å². The van der Waals surface area contributed by atoms with Gasteiger partial charge in [-0.2, -0.15) is 0 Å². The molecule has 0 aromatic heterocycles. The van der Waals surface area contributed by atoms with Crippen molar-refractivity contribution >= 4 is 5.91 Å². The second kappa shape index (κ2) is 7.64. The Morgan fingerprint density at radius 3 is 2.71 bits per heavy atom. The summed E-state index contributed by atoms with van der Waals surface area (Å²) in [4.78, 5) is 10.9. The molecule has 0 saturated heterocycles. The highest BCUT2D eigenvalue weighted by molar-refractivity contribution is 5.75. The van der Waals surface area contributed by atoms with E-state index in [1.807, 2.05) is 0 Å². The summed E-state index contributed by atoms with van der Waals surface area (Å²) in [6.45, 7) is 1.01. The molecule has 0 aliphatic rings. The van der Waals surface area contributed by atoms with E-state index in [2.05, 4.69) is 10.1 Å². The van der Waals surface area contributed by atoms with Gasteiger partial charge in [0.25, 0.3) is 6.43 Å². The van der Waals surface area contributed by atoms with E-state index in [4.69, 9.17) is 5.11 Å². The summed E-state index contributed by atoms with van der Waals surface area (Å²) in [5, 5.41) is 11.2. The summed E-state index contributed by atoms with van der Waals surface area (Å²) in [7, 11) is 0. The van der Waals surface area contributed by atoms with E-state index in [1.54, 1.807) is 0 Å². The summed E-state index contributed by atoms with van der Waals surface area (Å²) in [5.74, 6) is -0.319. The molecule has 0 heterocycles. The van der Waals surface area contributed by atoms with Gasteiger partial charge in [-0.25, -0.2) is 8.78 Å². The third-order valence-electron chi connectivity index (χ3n) is 1.31. The fraction of sp³-hybridized carbons (Fsp3) is 0.875. The highest BCUT2D eigenvalue weighted by Crippen LogP contribution is 1.93. The zero-order chi connectivity index (χ0) is 11.0. The number of aliphatic hydroxyl groups is 1. The van der Waals surface area contributed by atoms with E-state index >= 15 is 0 Å². The first kappa shape index (κ1) is 13.2. The van der Waals surface area contributed by atoms with E-state index in [1.165, 1.54) is 6.92 Å². The smallest absolute Gasteiger partial charge is 0.261 e. The monoisotopic (exact) mass is 211 g/mol. The van der Waals surface area contributed by atoms with Crippen LogP contribution in [0.1, 0.15) is 13.3 Å². The van der Waals surface area contributed by atoms with Gasteiger partial charge >= 0.3 is 0 Å². The molecular weight excluding hydrogens is 196 g/mol. The summed E-state index contributed by atoms with van der Waals surface area (Å²) in [6, 6.07) is 0. The van der Waals surface area contributed by atoms with Crippen LogP contribution in [0.2, 0.25) is 0 Å². The maximum Gasteiger partial charge on any atom is 0.261 e. The molecule has 0 aliphatic carbocycles. The van der Waals surface area contributed by atoms with E-state index in [0.717, 1.165) is 0 Å². The molecule has 0 rings (SSSR count). The Morgan fingerprint density at radius 1 is 1.57 bits per heavy atom. The molecule has 2 N–H and O–H groups in total. The van der Waals surface area contributed by atoms with Crippen molar-refractivity contribution in [2.75, 3.05) is 19.8 Å². The van der Waals surface area contributed by atoms with Crippen molar-refractivity contribution in [3.63, 3.8) is 0 Å². The van der Waals surface area contributed by atoms with E-state index in [-0.39, 0.29) is 25.5 Å². The number of nitrogens with one attached hydrogen (secondary N) is 1. The standard InChI is InChI=1S/C8H15F2NO3/c1-6(12)4-11-8(13)2-3-14-5-7(9)10/h6-7,12H,2-5H2,1H3,(H,11,13)/t6-/m1/s1. The number of alkyl halides is 2. The summed E-state index contributed by atoms with van der Waals surface area (Å²) in [5.41, 5.74) is 0. The Labute approximate surface area is 81.2 Å². The Bertz CT molecular complexity index is 165. The van der Waals surface area contributed by atoms with Crippen molar-refractivity contribution in [3.8, 4) is 0 Å². The maximum absolute atomic E-state index is 11.6. The zero-order valence-corrected chi connectivity index (χ0v) is 8.00. The second-order valence-electron chi connectivity index (χ2n) is 2.87. The number of carbonyl (C=O) groups excluding carboxylic acids is 1. The summed E-state index contributed by atoms with van der Waals surface area (Å²) >= 11 is 0. The lowest BCUT2D eigenvalue weighted by Gasteiger charge is -2.07. The molecule has 0 bridgehead atoms. The van der Waals surface area contributed by atoms with Crippen LogP contribution in [-0.4, -0.2) is 43.3 Å². The van der Waals surface area contributed by atoms with E-state index in [0.29, 0.717) is 0 Å². The first-order chi connectivity index (χ1) is 6.52. The van der Waals surface area contributed by atoms with Gasteiger partial charge < -0.3 is 15.2 Å². The number of rotatable bonds is 7. The minimum atomic E-state index is -2.50. The van der Waals surface area contributed by atoms with Crippen LogP contribution in [0.4, 0.5) is 8.78 Å². The van der Waals surface area contributed by atoms with Crippen LogP contribution < -0.4 is 5.32 Å². The fourth-order valence-electron chi connectivity index (χ4n) is 0.687. The fourth-order valence-corrected chi connectivity index (χ4v) is 0.687. The van der Waals surface area contributed by atoms with Crippen LogP contribution >= 0.6 is 0 Å². The van der Waals surface area contributed by atoms with Gasteiger partial charge in [-0.3, -0.25) is 4.79 Å². The second-order valence-corrected chi connectivity index (χ2v) is 2.87. The topological polar surface area (TPSA) is 58.6 Å². The molecule has 14 heavy (non-hydrogen) atoms. The van der Waals surface area contributed by atoms with Crippen molar-refractivity contribution in [1.82, 2.24) is 5.32 Å². The minimum absolute atomic E-state index is 0.0272. The van der Waals surface area contributed by atoms with E-state index < -0.39 is 19.1 Å². The Kier molecular flexibility index (Phi) is 7.23. The van der Waals surface area contributed by atoms with Gasteiger partial charge in [0.1, 0.15) is 6.61 Å². The maximum atomic E-state index is 11.6. The quantitative estimate of drug-likeness (QED) is 0.589. The lowest BCUT2D eigenvalue weighted by Crippen LogP contribution is -2.31. The van der Waals surface area contributed by atoms with Gasteiger partial charge in [0, 0.05) is 13.0 Å².